The Balaban J connectivity index is 2.14. The van der Waals surface area contributed by atoms with E-state index in [1.165, 1.54) is 12.1 Å². The van der Waals surface area contributed by atoms with E-state index < -0.39 is 5.97 Å². The summed E-state index contributed by atoms with van der Waals surface area (Å²) < 4.78 is 20.9. The van der Waals surface area contributed by atoms with Gasteiger partial charge in [0.25, 0.3) is 0 Å². The minimum absolute atomic E-state index is 0.0286. The van der Waals surface area contributed by atoms with Gasteiger partial charge < -0.3 is 4.74 Å². The van der Waals surface area contributed by atoms with Gasteiger partial charge in [-0.2, -0.15) is 5.10 Å². The van der Waals surface area contributed by atoms with E-state index in [1.807, 2.05) is 29.6 Å². The second kappa shape index (κ2) is 8.34. The monoisotopic (exact) mass is 416 g/mol. The molecule has 0 spiro atoms. The van der Waals surface area contributed by atoms with Crippen molar-refractivity contribution in [2.75, 3.05) is 6.61 Å². The van der Waals surface area contributed by atoms with Crippen molar-refractivity contribution in [3.63, 3.8) is 0 Å². The molecule has 0 amide bonds. The smallest absolute Gasteiger partial charge is 0.340 e. The summed E-state index contributed by atoms with van der Waals surface area (Å²) in [5, 5.41) is 4.86. The second-order valence-electron chi connectivity index (χ2n) is 7.85. The first kappa shape index (κ1) is 20.8. The highest BCUT2D eigenvalue weighted by atomic mass is 19.1. The molecule has 31 heavy (non-hydrogen) atoms. The van der Waals surface area contributed by atoms with Gasteiger partial charge in [-0.1, -0.05) is 44.2 Å². The number of rotatable bonds is 5. The van der Waals surface area contributed by atoms with E-state index in [1.54, 1.807) is 19.1 Å². The number of halogens is 1. The van der Waals surface area contributed by atoms with E-state index in [0.29, 0.717) is 16.8 Å². The van der Waals surface area contributed by atoms with Crippen LogP contribution in [0.15, 0.2) is 60.7 Å². The number of carbonyl (C=O) groups excluding carboxylic acids is 1. The van der Waals surface area contributed by atoms with Crippen molar-refractivity contribution in [2.45, 2.75) is 33.6 Å². The molecular weight excluding hydrogens is 391 g/mol. The maximum Gasteiger partial charge on any atom is 0.340 e. The number of benzene rings is 2. The van der Waals surface area contributed by atoms with Gasteiger partial charge in [0.15, 0.2) is 0 Å². The first-order valence-corrected chi connectivity index (χ1v) is 10.5. The number of ether oxygens (including phenoxy) is 1. The van der Waals surface area contributed by atoms with Gasteiger partial charge in [0.2, 0.25) is 0 Å². The molecule has 0 fully saturated rings. The summed E-state index contributed by atoms with van der Waals surface area (Å²) in [6.45, 7) is 8.16. The Kier molecular flexibility index (Phi) is 5.59. The molecule has 0 bridgehead atoms. The number of carbonyl (C=O) groups is 1. The lowest BCUT2D eigenvalue weighted by Crippen LogP contribution is -2.15. The lowest BCUT2D eigenvalue weighted by atomic mass is 9.91. The number of nitrogens with zero attached hydrogens (tertiary/aromatic N) is 2. The molecule has 0 atom stereocenters. The van der Waals surface area contributed by atoms with E-state index in [4.69, 9.17) is 9.84 Å². The van der Waals surface area contributed by atoms with Crippen molar-refractivity contribution in [3.8, 4) is 22.4 Å². The number of aryl methyl sites for hydroxylation is 1. The van der Waals surface area contributed by atoms with Crippen LogP contribution in [0.4, 0.5) is 4.39 Å². The molecule has 0 saturated heterocycles. The van der Waals surface area contributed by atoms with Gasteiger partial charge >= 0.3 is 5.97 Å². The molecule has 0 N–H and O–H groups in total. The third-order valence-electron chi connectivity index (χ3n) is 5.37. The van der Waals surface area contributed by atoms with Crippen molar-refractivity contribution >= 4 is 11.5 Å². The van der Waals surface area contributed by atoms with Crippen molar-refractivity contribution in [1.29, 1.82) is 0 Å². The van der Waals surface area contributed by atoms with Crippen LogP contribution in [0.1, 0.15) is 48.3 Å². The summed E-state index contributed by atoms with van der Waals surface area (Å²) in [5.74, 6) is -0.727. The fourth-order valence-corrected chi connectivity index (χ4v) is 4.03. The number of esters is 1. The van der Waals surface area contributed by atoms with Crippen LogP contribution < -0.4 is 0 Å². The van der Waals surface area contributed by atoms with Gasteiger partial charge in [0.05, 0.1) is 17.7 Å². The summed E-state index contributed by atoms with van der Waals surface area (Å²) in [6, 6.07) is 18.2. The first-order valence-electron chi connectivity index (χ1n) is 10.5. The minimum atomic E-state index is -0.418. The zero-order valence-electron chi connectivity index (χ0n) is 18.1. The lowest BCUT2D eigenvalue weighted by molar-refractivity contribution is 0.0525. The molecule has 0 aliphatic rings. The Hall–Kier alpha value is -3.47. The Labute approximate surface area is 181 Å². The number of hydrogen-bond donors (Lipinski definition) is 0. The van der Waals surface area contributed by atoms with Crippen LogP contribution in [-0.2, 0) is 4.74 Å². The van der Waals surface area contributed by atoms with Crippen molar-refractivity contribution < 1.29 is 13.9 Å². The Morgan fingerprint density at radius 3 is 2.35 bits per heavy atom. The molecule has 0 aliphatic heterocycles. The SMILES string of the molecule is CCOC(=O)c1c(-c2ccc(F)cc2)nn2c(C)cc(-c3ccccc3)c2c1C(C)C. The number of fused-ring (bicyclic) bond motifs is 1. The zero-order chi connectivity index (χ0) is 22.1. The largest absolute Gasteiger partial charge is 0.462 e. The maximum atomic E-state index is 13.6. The van der Waals surface area contributed by atoms with Crippen LogP contribution in [0.25, 0.3) is 27.9 Å². The lowest BCUT2D eigenvalue weighted by Gasteiger charge is -2.19. The molecule has 4 aromatic rings. The highest BCUT2D eigenvalue weighted by Crippen LogP contribution is 2.38. The van der Waals surface area contributed by atoms with Gasteiger partial charge in [-0.05, 0) is 61.2 Å². The van der Waals surface area contributed by atoms with Crippen LogP contribution in [0.2, 0.25) is 0 Å². The summed E-state index contributed by atoms with van der Waals surface area (Å²) in [5.41, 5.74) is 6.40. The van der Waals surface area contributed by atoms with Gasteiger partial charge in [-0.15, -0.1) is 0 Å². The molecule has 158 valence electrons. The summed E-state index contributed by atoms with van der Waals surface area (Å²) in [7, 11) is 0. The molecule has 0 aliphatic carbocycles. The molecule has 4 rings (SSSR count). The van der Waals surface area contributed by atoms with Crippen LogP contribution in [0, 0.1) is 12.7 Å². The van der Waals surface area contributed by atoms with Crippen LogP contribution in [0.5, 0.6) is 0 Å². The molecule has 2 aromatic carbocycles. The number of hydrogen-bond acceptors (Lipinski definition) is 3. The Morgan fingerprint density at radius 1 is 1.06 bits per heavy atom. The fraction of sp³-hybridized carbons (Fsp3) is 0.231. The quantitative estimate of drug-likeness (QED) is 0.353. The normalized spacial score (nSPS) is 11.3. The average Bonchev–Trinajstić information content (AvgIpc) is 3.10. The Morgan fingerprint density at radius 2 is 1.74 bits per heavy atom. The highest BCUT2D eigenvalue weighted by Gasteiger charge is 2.28. The van der Waals surface area contributed by atoms with Crippen LogP contribution in [-0.4, -0.2) is 22.2 Å². The Bertz CT molecular complexity index is 1240. The van der Waals surface area contributed by atoms with Gasteiger partial charge in [0, 0.05) is 16.8 Å². The third-order valence-corrected chi connectivity index (χ3v) is 5.37. The number of aromatic nitrogens is 2. The predicted molar refractivity (Wildman–Crippen MR) is 121 cm³/mol. The topological polar surface area (TPSA) is 43.6 Å². The van der Waals surface area contributed by atoms with E-state index >= 15 is 0 Å². The van der Waals surface area contributed by atoms with Crippen molar-refractivity contribution in [2.24, 2.45) is 0 Å². The zero-order valence-corrected chi connectivity index (χ0v) is 18.1. The standard InChI is InChI=1S/C26H25FN2O2/c1-5-31-26(30)23-22(16(2)3)25-21(18-9-7-6-8-10-18)15-17(4)29(25)28-24(23)19-11-13-20(27)14-12-19/h6-16H,5H2,1-4H3. The molecule has 4 nitrogen and oxygen atoms in total. The van der Waals surface area contributed by atoms with Crippen molar-refractivity contribution in [1.82, 2.24) is 9.61 Å². The van der Waals surface area contributed by atoms with Gasteiger partial charge in [0.1, 0.15) is 11.5 Å². The molecule has 0 radical (unpaired) electrons. The minimum Gasteiger partial charge on any atom is -0.462 e. The average molecular weight is 416 g/mol. The maximum absolute atomic E-state index is 13.6. The van der Waals surface area contributed by atoms with E-state index in [-0.39, 0.29) is 18.3 Å². The molecule has 0 unspecified atom stereocenters. The summed E-state index contributed by atoms with van der Waals surface area (Å²) >= 11 is 0. The van der Waals surface area contributed by atoms with Crippen LogP contribution >= 0.6 is 0 Å². The molecule has 5 heteroatoms. The van der Waals surface area contributed by atoms with Crippen LogP contribution in [0.3, 0.4) is 0 Å². The molecule has 2 aromatic heterocycles. The van der Waals surface area contributed by atoms with Crippen molar-refractivity contribution in [3.05, 3.63) is 83.3 Å². The third kappa shape index (κ3) is 3.72. The van der Waals surface area contributed by atoms with E-state index in [2.05, 4.69) is 32.0 Å². The molecule has 2 heterocycles. The van der Waals surface area contributed by atoms with E-state index in [0.717, 1.165) is 27.9 Å². The fourth-order valence-electron chi connectivity index (χ4n) is 4.03. The van der Waals surface area contributed by atoms with Gasteiger partial charge in [-0.3, -0.25) is 0 Å². The molecule has 0 saturated carbocycles. The summed E-state index contributed by atoms with van der Waals surface area (Å²) in [6.07, 6.45) is 0. The summed E-state index contributed by atoms with van der Waals surface area (Å²) in [4.78, 5) is 13.2. The van der Waals surface area contributed by atoms with E-state index in [9.17, 15) is 9.18 Å². The predicted octanol–water partition coefficient (Wildman–Crippen LogP) is 6.42. The molecular formula is C26H25FN2O2. The highest BCUT2D eigenvalue weighted by molar-refractivity contribution is 6.02. The second-order valence-corrected chi connectivity index (χ2v) is 7.85. The first-order chi connectivity index (χ1) is 14.9. The van der Waals surface area contributed by atoms with Gasteiger partial charge in [-0.25, -0.2) is 13.7 Å².